The predicted molar refractivity (Wildman–Crippen MR) is 109 cm³/mol. The molecule has 6 heteroatoms. The third-order valence-corrected chi connectivity index (χ3v) is 7.41. The summed E-state index contributed by atoms with van der Waals surface area (Å²) in [7, 11) is 0. The molecule has 0 aromatic carbocycles. The molecule has 2 N–H and O–H groups in total. The summed E-state index contributed by atoms with van der Waals surface area (Å²) < 4.78 is 5.87. The number of aliphatic hydroxyl groups excluding tert-OH is 1. The van der Waals surface area contributed by atoms with Crippen LogP contribution in [-0.4, -0.2) is 85.4 Å². The highest BCUT2D eigenvalue weighted by atomic mass is 16.5. The Morgan fingerprint density at radius 2 is 2.00 bits per heavy atom. The number of hydrogen-bond donors (Lipinski definition) is 2. The molecule has 5 aliphatic rings. The van der Waals surface area contributed by atoms with Crippen LogP contribution in [0, 0.1) is 17.3 Å². The number of hydrogen-bond acceptors (Lipinski definition) is 5. The summed E-state index contributed by atoms with van der Waals surface area (Å²) in [4.78, 5) is 16.4. The zero-order valence-corrected chi connectivity index (χ0v) is 17.5. The molecule has 0 aromatic heterocycles. The molecule has 158 valence electrons. The van der Waals surface area contributed by atoms with Crippen molar-refractivity contribution in [2.45, 2.75) is 51.7 Å². The van der Waals surface area contributed by atoms with Gasteiger partial charge in [-0.3, -0.25) is 14.6 Å². The fourth-order valence-corrected chi connectivity index (χ4v) is 5.14. The zero-order valence-electron chi connectivity index (χ0n) is 17.5. The van der Waals surface area contributed by atoms with Crippen LogP contribution in [0.25, 0.3) is 0 Å². The topological polar surface area (TPSA) is 65.0 Å². The number of fused-ring (bicyclic) bond motifs is 1. The van der Waals surface area contributed by atoms with Crippen LogP contribution in [0.15, 0.2) is 11.6 Å². The van der Waals surface area contributed by atoms with Gasteiger partial charge in [0.2, 0.25) is 5.91 Å². The van der Waals surface area contributed by atoms with E-state index in [2.05, 4.69) is 35.0 Å². The number of carbonyl (C=O) groups is 1. The van der Waals surface area contributed by atoms with Gasteiger partial charge in [0.1, 0.15) is 0 Å². The van der Waals surface area contributed by atoms with Crippen molar-refractivity contribution in [2.24, 2.45) is 17.3 Å². The number of carbonyl (C=O) groups excluding carboxylic acids is 1. The minimum atomic E-state index is -0.448. The largest absolute Gasteiger partial charge is 0.389 e. The van der Waals surface area contributed by atoms with E-state index in [-0.39, 0.29) is 5.91 Å². The molecule has 6 nitrogen and oxygen atoms in total. The summed E-state index contributed by atoms with van der Waals surface area (Å²) >= 11 is 0. The SMILES string of the molecule is CC1(C)C2CC=C(COCC(O)CN3CCN(CC(=O)NC4CC4)CC3)C1C2. The number of ether oxygens (including phenoxy) is 1. The van der Waals surface area contributed by atoms with Gasteiger partial charge in [0.15, 0.2) is 0 Å². The van der Waals surface area contributed by atoms with Crippen LogP contribution in [0.4, 0.5) is 0 Å². The number of nitrogens with zero attached hydrogens (tertiary/aromatic N) is 2. The second kappa shape index (κ2) is 8.42. The lowest BCUT2D eigenvalue weighted by Gasteiger charge is -2.56. The molecular weight excluding hydrogens is 354 g/mol. The van der Waals surface area contributed by atoms with Gasteiger partial charge in [-0.1, -0.05) is 19.9 Å². The Balaban J connectivity index is 1.09. The van der Waals surface area contributed by atoms with Crippen molar-refractivity contribution < 1.29 is 14.6 Å². The van der Waals surface area contributed by atoms with Gasteiger partial charge < -0.3 is 15.2 Å². The molecular formula is C22H37N3O3. The van der Waals surface area contributed by atoms with Gasteiger partial charge in [-0.25, -0.2) is 0 Å². The second-order valence-corrected chi connectivity index (χ2v) is 9.91. The third kappa shape index (κ3) is 4.78. The minimum absolute atomic E-state index is 0.155. The third-order valence-electron chi connectivity index (χ3n) is 7.41. The van der Waals surface area contributed by atoms with E-state index < -0.39 is 6.10 Å². The van der Waals surface area contributed by atoms with Crippen LogP contribution in [-0.2, 0) is 9.53 Å². The first-order valence-corrected chi connectivity index (χ1v) is 11.1. The normalized spacial score (nSPS) is 31.0. The van der Waals surface area contributed by atoms with Gasteiger partial charge in [-0.05, 0) is 48.5 Å². The number of β-amino-alcohol motifs (C(OH)–C–C–N with tert-alkyl or cyclic N) is 1. The van der Waals surface area contributed by atoms with Crippen molar-refractivity contribution in [2.75, 3.05) is 52.5 Å². The van der Waals surface area contributed by atoms with Crippen molar-refractivity contribution >= 4 is 5.91 Å². The van der Waals surface area contributed by atoms with Crippen LogP contribution in [0.3, 0.4) is 0 Å². The van der Waals surface area contributed by atoms with Crippen molar-refractivity contribution in [1.82, 2.24) is 15.1 Å². The molecule has 0 aromatic rings. The Labute approximate surface area is 169 Å². The van der Waals surface area contributed by atoms with Crippen molar-refractivity contribution in [3.05, 3.63) is 11.6 Å². The van der Waals surface area contributed by atoms with Gasteiger partial charge in [0.05, 0.1) is 25.9 Å². The standard InChI is InChI=1S/C22H37N3O3/c1-22(2)17-4-3-16(20(22)11-17)14-28-15-19(26)12-24-7-9-25(10-8-24)13-21(27)23-18-5-6-18/h3,17-20,26H,4-15H2,1-2H3,(H,23,27). The van der Waals surface area contributed by atoms with Gasteiger partial charge in [0, 0.05) is 38.8 Å². The Hall–Kier alpha value is -0.950. The Kier molecular flexibility index (Phi) is 6.12. The average molecular weight is 392 g/mol. The molecule has 4 aliphatic carbocycles. The van der Waals surface area contributed by atoms with E-state index in [0.29, 0.717) is 43.7 Å². The molecule has 2 bridgehead atoms. The van der Waals surface area contributed by atoms with E-state index in [1.807, 2.05) is 0 Å². The maximum absolute atomic E-state index is 11.9. The number of amides is 1. The molecule has 28 heavy (non-hydrogen) atoms. The molecule has 3 unspecified atom stereocenters. The van der Waals surface area contributed by atoms with Crippen LogP contribution in [0.1, 0.15) is 39.5 Å². The zero-order chi connectivity index (χ0) is 19.7. The second-order valence-electron chi connectivity index (χ2n) is 9.91. The van der Waals surface area contributed by atoms with E-state index in [1.54, 1.807) is 0 Å². The van der Waals surface area contributed by atoms with Crippen LogP contribution >= 0.6 is 0 Å². The molecule has 1 heterocycles. The monoisotopic (exact) mass is 391 g/mol. The van der Waals surface area contributed by atoms with Gasteiger partial charge in [-0.2, -0.15) is 0 Å². The van der Waals surface area contributed by atoms with Crippen molar-refractivity contribution in [3.8, 4) is 0 Å². The van der Waals surface area contributed by atoms with Crippen molar-refractivity contribution in [1.29, 1.82) is 0 Å². The fraction of sp³-hybridized carbons (Fsp3) is 0.864. The van der Waals surface area contributed by atoms with E-state index in [4.69, 9.17) is 4.74 Å². The van der Waals surface area contributed by atoms with Gasteiger partial charge in [0.25, 0.3) is 0 Å². The molecule has 0 radical (unpaired) electrons. The summed E-state index contributed by atoms with van der Waals surface area (Å²) in [6.45, 7) is 10.5. The number of nitrogens with one attached hydrogen (secondary N) is 1. The van der Waals surface area contributed by atoms with E-state index in [9.17, 15) is 9.90 Å². The fourth-order valence-electron chi connectivity index (χ4n) is 5.14. The number of piperazine rings is 1. The van der Waals surface area contributed by atoms with Crippen LogP contribution in [0.2, 0.25) is 0 Å². The quantitative estimate of drug-likeness (QED) is 0.579. The first-order valence-electron chi connectivity index (χ1n) is 11.1. The predicted octanol–water partition coefficient (Wildman–Crippen LogP) is 1.25. The molecule has 0 spiro atoms. The summed E-state index contributed by atoms with van der Waals surface area (Å²) in [6.07, 6.45) is 6.69. The summed E-state index contributed by atoms with van der Waals surface area (Å²) in [5.41, 5.74) is 1.87. The van der Waals surface area contributed by atoms with Gasteiger partial charge >= 0.3 is 0 Å². The highest BCUT2D eigenvalue weighted by molar-refractivity contribution is 5.78. The first kappa shape index (κ1) is 20.3. The maximum atomic E-state index is 11.9. The van der Waals surface area contributed by atoms with Gasteiger partial charge in [-0.15, -0.1) is 0 Å². The first-order chi connectivity index (χ1) is 13.4. The minimum Gasteiger partial charge on any atom is -0.389 e. The summed E-state index contributed by atoms with van der Waals surface area (Å²) in [5.74, 6) is 1.68. The number of allylic oxidation sites excluding steroid dienone is 1. The summed E-state index contributed by atoms with van der Waals surface area (Å²) in [5, 5.41) is 13.4. The van der Waals surface area contributed by atoms with Crippen molar-refractivity contribution in [3.63, 3.8) is 0 Å². The smallest absolute Gasteiger partial charge is 0.234 e. The van der Waals surface area contributed by atoms with E-state index >= 15 is 0 Å². The summed E-state index contributed by atoms with van der Waals surface area (Å²) in [6, 6.07) is 0.435. The molecule has 5 rings (SSSR count). The molecule has 2 saturated carbocycles. The highest BCUT2D eigenvalue weighted by Crippen LogP contribution is 2.59. The molecule has 3 atom stereocenters. The lowest BCUT2D eigenvalue weighted by atomic mass is 9.49. The Bertz CT molecular complexity index is 594. The van der Waals surface area contributed by atoms with E-state index in [1.165, 1.54) is 18.4 Å². The molecule has 3 fully saturated rings. The highest BCUT2D eigenvalue weighted by Gasteiger charge is 2.50. The van der Waals surface area contributed by atoms with Crippen LogP contribution < -0.4 is 5.32 Å². The average Bonchev–Trinajstić information content (AvgIpc) is 3.47. The molecule has 1 saturated heterocycles. The van der Waals surface area contributed by atoms with E-state index in [0.717, 1.165) is 44.9 Å². The lowest BCUT2D eigenvalue weighted by molar-refractivity contribution is -0.122. The Morgan fingerprint density at radius 3 is 2.64 bits per heavy atom. The maximum Gasteiger partial charge on any atom is 0.234 e. The molecule has 1 amide bonds. The van der Waals surface area contributed by atoms with Crippen LogP contribution in [0.5, 0.6) is 0 Å². The lowest BCUT2D eigenvalue weighted by Crippen LogP contribution is -2.51. The molecule has 1 aliphatic heterocycles. The number of rotatable bonds is 9. The Morgan fingerprint density at radius 1 is 1.29 bits per heavy atom. The number of aliphatic hydroxyl groups is 1.